The standard InChI is InChI=1S/C38H40N2O10/c1-6-30(42)46-20-37(4)27-17-29(49-34(44)23-11-9-22(18-39)10-12-23)38(5)33(36(27,3)14-13-28(37)47-21(2)41)32(43)31-26(50-38)16-25(48-35(31)45)24-8-7-15-40-19-24/h7-12,15-16,19,27-29,32-33,43H,6,13-14,17,20H2,1-5H3/t27?,28-,29-,32-,33?,36-,37-,38+/m0/s1. The lowest BCUT2D eigenvalue weighted by molar-refractivity contribution is -0.267. The van der Waals surface area contributed by atoms with Crippen LogP contribution in [0.15, 0.2) is 64.1 Å². The fraction of sp³-hybridized carbons (Fsp3) is 0.474. The van der Waals surface area contributed by atoms with Gasteiger partial charge in [0, 0.05) is 48.7 Å². The molecule has 12 nitrogen and oxygen atoms in total. The summed E-state index contributed by atoms with van der Waals surface area (Å²) in [6, 6.07) is 13.0. The number of fused-ring (bicyclic) bond motifs is 4. The molecule has 1 N–H and O–H groups in total. The molecule has 2 aromatic heterocycles. The van der Waals surface area contributed by atoms with E-state index in [0.717, 1.165) is 0 Å². The van der Waals surface area contributed by atoms with Crippen molar-refractivity contribution >= 4 is 17.9 Å². The number of nitriles is 1. The molecule has 1 aliphatic heterocycles. The zero-order valence-electron chi connectivity index (χ0n) is 28.6. The van der Waals surface area contributed by atoms with Crippen molar-refractivity contribution in [2.45, 2.75) is 84.2 Å². The van der Waals surface area contributed by atoms with Gasteiger partial charge in [0.05, 0.1) is 23.3 Å². The molecule has 8 atom stereocenters. The Morgan fingerprint density at radius 1 is 1.10 bits per heavy atom. The second kappa shape index (κ2) is 13.0. The first-order chi connectivity index (χ1) is 23.7. The summed E-state index contributed by atoms with van der Waals surface area (Å²) in [6.45, 7) is 8.55. The Hall–Kier alpha value is -5.02. The number of nitrogens with zero attached hydrogens (tertiary/aromatic N) is 2. The second-order valence-electron chi connectivity index (χ2n) is 14.2. The molecule has 6 rings (SSSR count). The number of aliphatic hydroxyl groups is 1. The van der Waals surface area contributed by atoms with E-state index in [1.165, 1.54) is 43.5 Å². The molecule has 0 amide bonds. The lowest BCUT2D eigenvalue weighted by Crippen LogP contribution is -2.71. The van der Waals surface area contributed by atoms with Crippen molar-refractivity contribution in [3.8, 4) is 23.1 Å². The van der Waals surface area contributed by atoms with Crippen LogP contribution in [0.4, 0.5) is 0 Å². The van der Waals surface area contributed by atoms with Crippen LogP contribution in [-0.4, -0.2) is 52.4 Å². The lowest BCUT2D eigenvalue weighted by Gasteiger charge is -2.66. The van der Waals surface area contributed by atoms with Crippen molar-refractivity contribution < 1.29 is 42.9 Å². The third-order valence-corrected chi connectivity index (χ3v) is 11.2. The molecule has 50 heavy (non-hydrogen) atoms. The number of esters is 3. The highest BCUT2D eigenvalue weighted by atomic mass is 16.6. The van der Waals surface area contributed by atoms with Gasteiger partial charge in [0.1, 0.15) is 41.5 Å². The van der Waals surface area contributed by atoms with Gasteiger partial charge in [-0.15, -0.1) is 0 Å². The molecular weight excluding hydrogens is 644 g/mol. The van der Waals surface area contributed by atoms with Crippen molar-refractivity contribution in [1.82, 2.24) is 4.98 Å². The van der Waals surface area contributed by atoms with E-state index in [1.54, 1.807) is 32.2 Å². The van der Waals surface area contributed by atoms with Gasteiger partial charge in [-0.3, -0.25) is 14.6 Å². The Kier molecular flexibility index (Phi) is 9.07. The number of ether oxygens (including phenoxy) is 4. The van der Waals surface area contributed by atoms with E-state index in [-0.39, 0.29) is 42.1 Å². The quantitative estimate of drug-likeness (QED) is 0.251. The molecule has 0 bridgehead atoms. The SMILES string of the molecule is CCC(=O)OC[C@@]1(C)C2C[C@H](OC(=O)c3ccc(C#N)cc3)[C@@]3(C)Oc4cc(-c5cccnc5)oc(=O)c4[C@H](O)C3[C@@]2(C)CC[C@@H]1OC(C)=O. The van der Waals surface area contributed by atoms with E-state index < -0.39 is 70.1 Å². The van der Waals surface area contributed by atoms with Crippen molar-refractivity contribution in [3.05, 3.63) is 82.0 Å². The lowest BCUT2D eigenvalue weighted by atomic mass is 9.42. The van der Waals surface area contributed by atoms with Crippen LogP contribution < -0.4 is 10.4 Å². The number of pyridine rings is 1. The summed E-state index contributed by atoms with van der Waals surface area (Å²) >= 11 is 0. The molecule has 2 aliphatic carbocycles. The van der Waals surface area contributed by atoms with Crippen LogP contribution in [0.5, 0.6) is 5.75 Å². The summed E-state index contributed by atoms with van der Waals surface area (Å²) in [6.07, 6.45) is 1.18. The molecule has 1 aromatic carbocycles. The molecular formula is C38H40N2O10. The summed E-state index contributed by atoms with van der Waals surface area (Å²) in [5.41, 5.74) is -2.92. The Balaban J connectivity index is 1.50. The van der Waals surface area contributed by atoms with Crippen molar-refractivity contribution in [2.75, 3.05) is 6.61 Å². The average molecular weight is 685 g/mol. The van der Waals surface area contributed by atoms with E-state index in [4.69, 9.17) is 23.4 Å². The van der Waals surface area contributed by atoms with Gasteiger partial charge < -0.3 is 28.5 Å². The topological polar surface area (TPSA) is 175 Å². The predicted octanol–water partition coefficient (Wildman–Crippen LogP) is 5.31. The number of hydrogen-bond donors (Lipinski definition) is 1. The molecule has 2 fully saturated rings. The predicted molar refractivity (Wildman–Crippen MR) is 176 cm³/mol. The molecule has 3 aromatic rings. The first-order valence-corrected chi connectivity index (χ1v) is 16.7. The van der Waals surface area contributed by atoms with E-state index in [9.17, 15) is 29.5 Å². The summed E-state index contributed by atoms with van der Waals surface area (Å²) in [7, 11) is 0. The first-order valence-electron chi connectivity index (χ1n) is 16.7. The number of rotatable bonds is 7. The molecule has 3 heterocycles. The highest BCUT2D eigenvalue weighted by Crippen LogP contribution is 2.67. The number of carbonyl (C=O) groups excluding carboxylic acids is 3. The van der Waals surface area contributed by atoms with Crippen molar-refractivity contribution in [1.29, 1.82) is 5.26 Å². The van der Waals surface area contributed by atoms with Crippen LogP contribution in [-0.2, 0) is 23.8 Å². The maximum absolute atomic E-state index is 13.8. The van der Waals surface area contributed by atoms with Crippen LogP contribution in [0.25, 0.3) is 11.3 Å². The van der Waals surface area contributed by atoms with E-state index >= 15 is 0 Å². The third-order valence-electron chi connectivity index (χ3n) is 11.2. The number of aromatic nitrogens is 1. The van der Waals surface area contributed by atoms with Crippen LogP contribution in [0, 0.1) is 34.0 Å². The Morgan fingerprint density at radius 3 is 2.48 bits per heavy atom. The molecule has 262 valence electrons. The van der Waals surface area contributed by atoms with E-state index in [0.29, 0.717) is 24.0 Å². The summed E-state index contributed by atoms with van der Waals surface area (Å²) in [5, 5.41) is 21.6. The summed E-state index contributed by atoms with van der Waals surface area (Å²) in [5.74, 6) is -2.63. The Morgan fingerprint density at radius 2 is 1.84 bits per heavy atom. The van der Waals surface area contributed by atoms with Gasteiger partial charge in [-0.2, -0.15) is 5.26 Å². The minimum absolute atomic E-state index is 0.0552. The smallest absolute Gasteiger partial charge is 0.345 e. The molecule has 0 saturated heterocycles. The Bertz CT molecular complexity index is 1900. The summed E-state index contributed by atoms with van der Waals surface area (Å²) in [4.78, 5) is 56.4. The van der Waals surface area contributed by atoms with Gasteiger partial charge in [0.15, 0.2) is 0 Å². The molecule has 3 aliphatic rings. The number of benzene rings is 1. The van der Waals surface area contributed by atoms with Gasteiger partial charge in [-0.05, 0) is 73.9 Å². The zero-order valence-corrected chi connectivity index (χ0v) is 28.6. The molecule has 2 saturated carbocycles. The molecule has 12 heteroatoms. The highest BCUT2D eigenvalue weighted by Gasteiger charge is 2.71. The largest absolute Gasteiger partial charge is 0.482 e. The monoisotopic (exact) mass is 684 g/mol. The maximum Gasteiger partial charge on any atom is 0.345 e. The van der Waals surface area contributed by atoms with Gasteiger partial charge in [0.2, 0.25) is 0 Å². The average Bonchev–Trinajstić information content (AvgIpc) is 3.09. The number of hydrogen-bond acceptors (Lipinski definition) is 12. The van der Waals surface area contributed by atoms with Gasteiger partial charge in [-0.1, -0.05) is 20.8 Å². The van der Waals surface area contributed by atoms with Crippen LogP contribution >= 0.6 is 0 Å². The molecule has 0 radical (unpaired) electrons. The molecule has 2 unspecified atom stereocenters. The van der Waals surface area contributed by atoms with Gasteiger partial charge >= 0.3 is 23.5 Å². The number of carbonyl (C=O) groups is 3. The van der Waals surface area contributed by atoms with Crippen LogP contribution in [0.3, 0.4) is 0 Å². The molecule has 0 spiro atoms. The normalized spacial score (nSPS) is 31.0. The first kappa shape index (κ1) is 34.8. The fourth-order valence-electron chi connectivity index (χ4n) is 8.80. The minimum Gasteiger partial charge on any atom is -0.482 e. The van der Waals surface area contributed by atoms with E-state index in [1.807, 2.05) is 19.9 Å². The number of aliphatic hydroxyl groups excluding tert-OH is 1. The summed E-state index contributed by atoms with van der Waals surface area (Å²) < 4.78 is 30.4. The minimum atomic E-state index is -1.42. The Labute approximate surface area is 289 Å². The van der Waals surface area contributed by atoms with Crippen molar-refractivity contribution in [3.63, 3.8) is 0 Å². The zero-order chi connectivity index (χ0) is 36.0. The van der Waals surface area contributed by atoms with Crippen LogP contribution in [0.1, 0.15) is 87.9 Å². The van der Waals surface area contributed by atoms with Gasteiger partial charge in [0.25, 0.3) is 0 Å². The van der Waals surface area contributed by atoms with E-state index in [2.05, 4.69) is 4.98 Å². The maximum atomic E-state index is 13.8. The van der Waals surface area contributed by atoms with Crippen LogP contribution in [0.2, 0.25) is 0 Å². The third kappa shape index (κ3) is 5.83. The second-order valence-corrected chi connectivity index (χ2v) is 14.2. The highest BCUT2D eigenvalue weighted by molar-refractivity contribution is 5.89. The van der Waals surface area contributed by atoms with Gasteiger partial charge in [-0.25, -0.2) is 9.59 Å². The van der Waals surface area contributed by atoms with Crippen molar-refractivity contribution in [2.24, 2.45) is 22.7 Å². The fourth-order valence-corrected chi connectivity index (χ4v) is 8.80.